The van der Waals surface area contributed by atoms with Gasteiger partial charge < -0.3 is 9.47 Å². The molecule has 328 valence electrons. The zero-order valence-corrected chi connectivity index (χ0v) is 39.0. The van der Waals surface area contributed by atoms with E-state index >= 15 is 0 Å². The number of allylic oxidation sites excluding steroid dienone is 8. The molecule has 0 spiro atoms. The van der Waals surface area contributed by atoms with Gasteiger partial charge in [0.1, 0.15) is 0 Å². The van der Waals surface area contributed by atoms with Crippen LogP contribution < -0.4 is 4.90 Å². The molecule has 0 saturated carbocycles. The third-order valence-electron chi connectivity index (χ3n) is 14.2. The predicted octanol–water partition coefficient (Wildman–Crippen LogP) is 18.8. The standard InChI is InChI=1S/C66H48N2S/c1-3-15-45(16-4-1)47-31-33-48(34-32-47)50-37-41-55(42-38-50)67(54-39-35-49(36-40-54)46-17-5-2-6-18-46)56-22-12-20-52(44-56)51-19-11-21-53(43-51)57-25-13-27-61-65(57)58-23-7-9-26-60(58)68(61)62-28-14-30-64-66(62)59-24-8-10-29-63(59)69-64/h2-3,5-18,20-44,51H,1,4,19H2. The van der Waals surface area contributed by atoms with E-state index in [1.165, 1.54) is 97.8 Å². The Balaban J connectivity index is 0.877. The zero-order chi connectivity index (χ0) is 45.7. The van der Waals surface area contributed by atoms with E-state index in [2.05, 4.69) is 258 Å². The Morgan fingerprint density at radius 3 is 1.83 bits per heavy atom. The van der Waals surface area contributed by atoms with Crippen molar-refractivity contribution in [3.05, 3.63) is 265 Å². The Labute approximate surface area is 407 Å². The molecule has 0 radical (unpaired) electrons. The molecule has 1 atom stereocenters. The number of rotatable bonds is 9. The van der Waals surface area contributed by atoms with Crippen molar-refractivity contribution in [2.75, 3.05) is 4.90 Å². The number of nitrogens with zero attached hydrogens (tertiary/aromatic N) is 2. The molecule has 0 N–H and O–H groups in total. The fourth-order valence-electron chi connectivity index (χ4n) is 10.8. The van der Waals surface area contributed by atoms with Gasteiger partial charge in [0.2, 0.25) is 0 Å². The average Bonchev–Trinajstić information content (AvgIpc) is 3.98. The summed E-state index contributed by atoms with van der Waals surface area (Å²) in [5.41, 5.74) is 18.3. The molecule has 2 aromatic heterocycles. The maximum atomic E-state index is 2.51. The molecule has 0 aliphatic heterocycles. The number of hydrogen-bond donors (Lipinski definition) is 0. The minimum absolute atomic E-state index is 0.201. The highest BCUT2D eigenvalue weighted by molar-refractivity contribution is 7.25. The maximum absolute atomic E-state index is 2.51. The summed E-state index contributed by atoms with van der Waals surface area (Å²) in [6, 6.07) is 78.3. The molecule has 2 heterocycles. The van der Waals surface area contributed by atoms with Crippen molar-refractivity contribution in [1.82, 2.24) is 4.57 Å². The third-order valence-corrected chi connectivity index (χ3v) is 15.3. The van der Waals surface area contributed by atoms with Crippen LogP contribution in [0.3, 0.4) is 0 Å². The summed E-state index contributed by atoms with van der Waals surface area (Å²) in [6.45, 7) is 0. The predicted molar refractivity (Wildman–Crippen MR) is 296 cm³/mol. The summed E-state index contributed by atoms with van der Waals surface area (Å²) in [5.74, 6) is 0.201. The second-order valence-corrected chi connectivity index (χ2v) is 19.4. The van der Waals surface area contributed by atoms with Crippen molar-refractivity contribution in [3.63, 3.8) is 0 Å². The van der Waals surface area contributed by atoms with Crippen LogP contribution in [-0.4, -0.2) is 4.57 Å². The highest BCUT2D eigenvalue weighted by atomic mass is 32.1. The normalized spacial score (nSPS) is 14.7. The molecule has 69 heavy (non-hydrogen) atoms. The number of anilines is 3. The number of benzene rings is 9. The van der Waals surface area contributed by atoms with Gasteiger partial charge in [-0.05, 0) is 136 Å². The summed E-state index contributed by atoms with van der Waals surface area (Å²) in [4.78, 5) is 2.41. The van der Waals surface area contributed by atoms with Gasteiger partial charge in [-0.1, -0.05) is 182 Å². The quantitative estimate of drug-likeness (QED) is 0.140. The fourth-order valence-corrected chi connectivity index (χ4v) is 11.9. The van der Waals surface area contributed by atoms with Gasteiger partial charge in [-0.15, -0.1) is 11.3 Å². The molecule has 9 aromatic carbocycles. The molecule has 0 fully saturated rings. The topological polar surface area (TPSA) is 8.17 Å². The minimum atomic E-state index is 0.201. The van der Waals surface area contributed by atoms with Crippen molar-refractivity contribution < 1.29 is 0 Å². The lowest BCUT2D eigenvalue weighted by molar-refractivity contribution is 0.857. The van der Waals surface area contributed by atoms with E-state index in [0.717, 1.165) is 36.3 Å². The molecule has 0 amide bonds. The summed E-state index contributed by atoms with van der Waals surface area (Å²) >= 11 is 1.87. The van der Waals surface area contributed by atoms with Gasteiger partial charge in [0.25, 0.3) is 0 Å². The van der Waals surface area contributed by atoms with Crippen LogP contribution >= 0.6 is 11.3 Å². The minimum Gasteiger partial charge on any atom is -0.310 e. The summed E-state index contributed by atoms with van der Waals surface area (Å²) in [5, 5.41) is 5.18. The summed E-state index contributed by atoms with van der Waals surface area (Å²) < 4.78 is 5.13. The zero-order valence-electron chi connectivity index (χ0n) is 38.2. The number of para-hydroxylation sites is 1. The first-order valence-corrected chi connectivity index (χ1v) is 25.0. The SMILES string of the molecule is C1=CC(c2ccc(-c3ccc(N(c4ccc(-c5ccccc5)cc4)c4cccc(C5C=C(c6cccc7c6c6ccccc6n7-c6cccc7sc8ccccc8c67)C=CC5)c4)cc3)cc2)=CCC1. The van der Waals surface area contributed by atoms with Gasteiger partial charge in [-0.25, -0.2) is 0 Å². The molecule has 2 aliphatic rings. The van der Waals surface area contributed by atoms with Crippen LogP contribution in [-0.2, 0) is 0 Å². The van der Waals surface area contributed by atoms with Crippen LogP contribution in [0.2, 0.25) is 0 Å². The summed E-state index contributed by atoms with van der Waals surface area (Å²) in [6.07, 6.45) is 17.3. The Bertz CT molecular complexity index is 3840. The van der Waals surface area contributed by atoms with E-state index in [1.807, 2.05) is 11.3 Å². The van der Waals surface area contributed by atoms with Crippen LogP contribution in [0.1, 0.15) is 41.9 Å². The van der Waals surface area contributed by atoms with Crippen LogP contribution in [0.5, 0.6) is 0 Å². The van der Waals surface area contributed by atoms with Crippen molar-refractivity contribution in [1.29, 1.82) is 0 Å². The van der Waals surface area contributed by atoms with Crippen molar-refractivity contribution in [2.45, 2.75) is 25.2 Å². The Morgan fingerprint density at radius 1 is 0.435 bits per heavy atom. The van der Waals surface area contributed by atoms with Gasteiger partial charge in [0, 0.05) is 53.9 Å². The Hall–Kier alpha value is -8.24. The number of thiophene rings is 1. The second-order valence-electron chi connectivity index (χ2n) is 18.3. The van der Waals surface area contributed by atoms with Crippen molar-refractivity contribution in [3.8, 4) is 27.9 Å². The molecular formula is C66H48N2S. The first-order valence-electron chi connectivity index (χ1n) is 24.2. The largest absolute Gasteiger partial charge is 0.310 e. The number of aromatic nitrogens is 1. The molecule has 1 unspecified atom stereocenters. The smallest absolute Gasteiger partial charge is 0.0555 e. The average molecular weight is 901 g/mol. The highest BCUT2D eigenvalue weighted by Crippen LogP contribution is 2.45. The first kappa shape index (κ1) is 41.0. The molecular weight excluding hydrogens is 853 g/mol. The fraction of sp³-hybridized carbons (Fsp3) is 0.0606. The van der Waals surface area contributed by atoms with Crippen molar-refractivity contribution in [2.24, 2.45) is 0 Å². The molecule has 0 bridgehead atoms. The molecule has 0 saturated heterocycles. The van der Waals surface area contributed by atoms with Gasteiger partial charge in [0.05, 0.1) is 16.7 Å². The third kappa shape index (κ3) is 7.43. The van der Waals surface area contributed by atoms with E-state index in [-0.39, 0.29) is 5.92 Å². The van der Waals surface area contributed by atoms with Gasteiger partial charge in [-0.2, -0.15) is 0 Å². The van der Waals surface area contributed by atoms with E-state index < -0.39 is 0 Å². The van der Waals surface area contributed by atoms with E-state index in [4.69, 9.17) is 0 Å². The lowest BCUT2D eigenvalue weighted by atomic mass is 9.86. The van der Waals surface area contributed by atoms with Gasteiger partial charge in [0.15, 0.2) is 0 Å². The van der Waals surface area contributed by atoms with Crippen LogP contribution in [0.25, 0.3) is 81.1 Å². The molecule has 13 rings (SSSR count). The van der Waals surface area contributed by atoms with Crippen molar-refractivity contribution >= 4 is 81.5 Å². The first-order chi connectivity index (χ1) is 34.2. The van der Waals surface area contributed by atoms with E-state index in [0.29, 0.717) is 0 Å². The van der Waals surface area contributed by atoms with Gasteiger partial charge >= 0.3 is 0 Å². The van der Waals surface area contributed by atoms with Crippen LogP contribution in [0.15, 0.2) is 249 Å². The molecule has 2 nitrogen and oxygen atoms in total. The molecule has 3 heteroatoms. The van der Waals surface area contributed by atoms with Gasteiger partial charge in [-0.3, -0.25) is 0 Å². The highest BCUT2D eigenvalue weighted by Gasteiger charge is 2.22. The van der Waals surface area contributed by atoms with Crippen LogP contribution in [0, 0.1) is 0 Å². The lowest BCUT2D eigenvalue weighted by Gasteiger charge is -2.27. The lowest BCUT2D eigenvalue weighted by Crippen LogP contribution is -2.11. The molecule has 11 aromatic rings. The van der Waals surface area contributed by atoms with E-state index in [1.54, 1.807) is 0 Å². The Morgan fingerprint density at radius 2 is 1.06 bits per heavy atom. The number of fused-ring (bicyclic) bond motifs is 6. The second kappa shape index (κ2) is 17.4. The Kier molecular flexibility index (Phi) is 10.4. The number of hydrogen-bond acceptors (Lipinski definition) is 2. The van der Waals surface area contributed by atoms with Crippen LogP contribution in [0.4, 0.5) is 17.1 Å². The van der Waals surface area contributed by atoms with E-state index in [9.17, 15) is 0 Å². The monoisotopic (exact) mass is 900 g/mol. The summed E-state index contributed by atoms with van der Waals surface area (Å²) in [7, 11) is 0. The maximum Gasteiger partial charge on any atom is 0.0555 e. The molecule has 2 aliphatic carbocycles.